The largest absolute Gasteiger partial charge is 0.298 e. The first-order valence-electron chi connectivity index (χ1n) is 3.90. The minimum absolute atomic E-state index is 0.217. The minimum atomic E-state index is -0.786. The molecule has 0 aromatic heterocycles. The molecule has 1 rings (SSSR count). The lowest BCUT2D eigenvalue weighted by atomic mass is 9.97. The number of carbonyl (C=O) groups is 1. The van der Waals surface area contributed by atoms with Crippen LogP contribution in [0.4, 0.5) is 0 Å². The van der Waals surface area contributed by atoms with Gasteiger partial charge in [-0.25, -0.2) is 0 Å². The highest BCUT2D eigenvalue weighted by molar-refractivity contribution is 6.34. The van der Waals surface area contributed by atoms with Crippen LogP contribution in [0.2, 0.25) is 10.0 Å². The molecule has 0 amide bonds. The van der Waals surface area contributed by atoms with Crippen LogP contribution in [0, 0.1) is 11.3 Å². The third-order valence-electron chi connectivity index (χ3n) is 1.75. The molecule has 0 bridgehead atoms. The minimum Gasteiger partial charge on any atom is -0.298 e. The second kappa shape index (κ2) is 4.45. The molecular weight excluding hydrogens is 221 g/mol. The summed E-state index contributed by atoms with van der Waals surface area (Å²) in [4.78, 5) is 11.1. The third-order valence-corrected chi connectivity index (χ3v) is 2.19. The van der Waals surface area contributed by atoms with Gasteiger partial charge in [0.15, 0.2) is 5.78 Å². The predicted octanol–water partition coefficient (Wildman–Crippen LogP) is 3.19. The first kappa shape index (κ1) is 11.0. The highest BCUT2D eigenvalue weighted by Gasteiger charge is 2.16. The van der Waals surface area contributed by atoms with E-state index in [4.69, 9.17) is 28.5 Å². The molecule has 1 atom stereocenters. The van der Waals surface area contributed by atoms with Gasteiger partial charge < -0.3 is 0 Å². The number of hydrogen-bond donors (Lipinski definition) is 0. The van der Waals surface area contributed by atoms with E-state index in [2.05, 4.69) is 0 Å². The summed E-state index contributed by atoms with van der Waals surface area (Å²) >= 11 is 11.5. The van der Waals surface area contributed by atoms with E-state index in [1.54, 1.807) is 18.2 Å². The van der Waals surface area contributed by atoms with Crippen molar-refractivity contribution in [2.24, 2.45) is 0 Å². The molecule has 2 nitrogen and oxygen atoms in total. The maximum atomic E-state index is 11.1. The molecule has 0 radical (unpaired) electrons. The second-order valence-corrected chi connectivity index (χ2v) is 3.75. The van der Waals surface area contributed by atoms with Gasteiger partial charge in [-0.2, -0.15) is 5.26 Å². The average Bonchev–Trinajstić information content (AvgIpc) is 2.02. The molecule has 14 heavy (non-hydrogen) atoms. The van der Waals surface area contributed by atoms with Crippen molar-refractivity contribution < 1.29 is 4.79 Å². The van der Waals surface area contributed by atoms with E-state index in [0.29, 0.717) is 15.6 Å². The number of Topliss-reactive ketones (excluding diaryl/α,β-unsaturated/α-hetero) is 1. The Hall–Kier alpha value is -1.04. The highest BCUT2D eigenvalue weighted by Crippen LogP contribution is 2.24. The normalized spacial score (nSPS) is 11.9. The molecular formula is C10H7Cl2NO. The van der Waals surface area contributed by atoms with Crippen LogP contribution < -0.4 is 0 Å². The summed E-state index contributed by atoms with van der Waals surface area (Å²) in [5.74, 6) is -1.00. The summed E-state index contributed by atoms with van der Waals surface area (Å²) in [6.45, 7) is 1.36. The van der Waals surface area contributed by atoms with Crippen LogP contribution in [0.25, 0.3) is 0 Å². The molecule has 0 saturated heterocycles. The van der Waals surface area contributed by atoms with Crippen molar-refractivity contribution >= 4 is 29.0 Å². The summed E-state index contributed by atoms with van der Waals surface area (Å²) in [6.07, 6.45) is 0. The molecule has 72 valence electrons. The Labute approximate surface area is 92.1 Å². The first-order chi connectivity index (χ1) is 6.54. The Morgan fingerprint density at radius 2 is 1.86 bits per heavy atom. The zero-order valence-electron chi connectivity index (χ0n) is 7.42. The van der Waals surface area contributed by atoms with Gasteiger partial charge in [0.2, 0.25) is 0 Å². The molecule has 0 spiro atoms. The van der Waals surface area contributed by atoms with Gasteiger partial charge in [-0.05, 0) is 30.7 Å². The van der Waals surface area contributed by atoms with Crippen molar-refractivity contribution in [3.8, 4) is 6.07 Å². The molecule has 1 aromatic carbocycles. The monoisotopic (exact) mass is 227 g/mol. The maximum absolute atomic E-state index is 11.1. The number of benzene rings is 1. The Morgan fingerprint density at radius 3 is 2.21 bits per heavy atom. The van der Waals surface area contributed by atoms with Crippen LogP contribution in [-0.2, 0) is 4.79 Å². The lowest BCUT2D eigenvalue weighted by Crippen LogP contribution is -2.06. The molecule has 0 heterocycles. The van der Waals surface area contributed by atoms with E-state index >= 15 is 0 Å². The fourth-order valence-electron chi connectivity index (χ4n) is 1.14. The second-order valence-electron chi connectivity index (χ2n) is 2.88. The molecule has 0 aliphatic rings. The van der Waals surface area contributed by atoms with Gasteiger partial charge in [0.05, 0.1) is 6.07 Å². The van der Waals surface area contributed by atoms with Crippen molar-refractivity contribution in [1.29, 1.82) is 5.26 Å². The molecule has 1 unspecified atom stereocenters. The highest BCUT2D eigenvalue weighted by atomic mass is 35.5. The van der Waals surface area contributed by atoms with Crippen LogP contribution in [-0.4, -0.2) is 5.78 Å². The summed E-state index contributed by atoms with van der Waals surface area (Å²) in [5.41, 5.74) is 0.539. The molecule has 4 heteroatoms. The van der Waals surface area contributed by atoms with E-state index in [1.807, 2.05) is 6.07 Å². The van der Waals surface area contributed by atoms with Crippen LogP contribution >= 0.6 is 23.2 Å². The molecule has 0 N–H and O–H groups in total. The van der Waals surface area contributed by atoms with E-state index in [1.165, 1.54) is 6.92 Å². The van der Waals surface area contributed by atoms with Crippen molar-refractivity contribution in [1.82, 2.24) is 0 Å². The van der Waals surface area contributed by atoms with Crippen molar-refractivity contribution in [3.63, 3.8) is 0 Å². The zero-order chi connectivity index (χ0) is 10.7. The number of ketones is 1. The van der Waals surface area contributed by atoms with E-state index < -0.39 is 5.92 Å². The van der Waals surface area contributed by atoms with Crippen LogP contribution in [0.3, 0.4) is 0 Å². The number of nitriles is 1. The van der Waals surface area contributed by atoms with Crippen molar-refractivity contribution in [2.45, 2.75) is 12.8 Å². The lowest BCUT2D eigenvalue weighted by molar-refractivity contribution is -0.117. The molecule has 0 saturated carbocycles. The topological polar surface area (TPSA) is 40.9 Å². The summed E-state index contributed by atoms with van der Waals surface area (Å²) < 4.78 is 0. The Kier molecular flexibility index (Phi) is 3.51. The van der Waals surface area contributed by atoms with Crippen LogP contribution in [0.15, 0.2) is 18.2 Å². The summed E-state index contributed by atoms with van der Waals surface area (Å²) in [5, 5.41) is 9.62. The van der Waals surface area contributed by atoms with Gasteiger partial charge in [-0.3, -0.25) is 4.79 Å². The van der Waals surface area contributed by atoms with Gasteiger partial charge in [0.25, 0.3) is 0 Å². The number of hydrogen-bond acceptors (Lipinski definition) is 2. The summed E-state index contributed by atoms with van der Waals surface area (Å²) in [6, 6.07) is 6.61. The Bertz CT molecular complexity index is 389. The zero-order valence-corrected chi connectivity index (χ0v) is 8.93. The number of halogens is 2. The standard InChI is InChI=1S/C10H7Cl2NO/c1-6(14)10(5-13)7-2-8(11)4-9(12)3-7/h2-4,10H,1H3. The Morgan fingerprint density at radius 1 is 1.36 bits per heavy atom. The van der Waals surface area contributed by atoms with E-state index in [0.717, 1.165) is 0 Å². The van der Waals surface area contributed by atoms with Gasteiger partial charge in [-0.15, -0.1) is 0 Å². The molecule has 0 aliphatic heterocycles. The van der Waals surface area contributed by atoms with Gasteiger partial charge >= 0.3 is 0 Å². The molecule has 0 aliphatic carbocycles. The number of carbonyl (C=O) groups excluding carboxylic acids is 1. The first-order valence-corrected chi connectivity index (χ1v) is 4.66. The fraction of sp³-hybridized carbons (Fsp3) is 0.200. The maximum Gasteiger partial charge on any atom is 0.151 e. The SMILES string of the molecule is CC(=O)C(C#N)c1cc(Cl)cc(Cl)c1. The molecule has 1 aromatic rings. The number of rotatable bonds is 2. The van der Waals surface area contributed by atoms with Gasteiger partial charge in [0, 0.05) is 10.0 Å². The van der Waals surface area contributed by atoms with Crippen LogP contribution in [0.5, 0.6) is 0 Å². The van der Waals surface area contributed by atoms with E-state index in [-0.39, 0.29) is 5.78 Å². The quantitative estimate of drug-likeness (QED) is 0.779. The molecule has 0 fully saturated rings. The average molecular weight is 228 g/mol. The van der Waals surface area contributed by atoms with Crippen LogP contribution in [0.1, 0.15) is 18.4 Å². The summed E-state index contributed by atoms with van der Waals surface area (Å²) in [7, 11) is 0. The predicted molar refractivity (Wildman–Crippen MR) is 55.5 cm³/mol. The Balaban J connectivity index is 3.18. The third kappa shape index (κ3) is 2.47. The lowest BCUT2D eigenvalue weighted by Gasteiger charge is -2.06. The van der Waals surface area contributed by atoms with Gasteiger partial charge in [0.1, 0.15) is 5.92 Å². The van der Waals surface area contributed by atoms with E-state index in [9.17, 15) is 4.79 Å². The number of nitrogens with zero attached hydrogens (tertiary/aromatic N) is 1. The van der Waals surface area contributed by atoms with Gasteiger partial charge in [-0.1, -0.05) is 23.2 Å². The smallest absolute Gasteiger partial charge is 0.151 e. The van der Waals surface area contributed by atoms with Crippen molar-refractivity contribution in [2.75, 3.05) is 0 Å². The fourth-order valence-corrected chi connectivity index (χ4v) is 1.68. The van der Waals surface area contributed by atoms with Crippen molar-refractivity contribution in [3.05, 3.63) is 33.8 Å².